The van der Waals surface area contributed by atoms with E-state index in [1.165, 1.54) is 0 Å². The summed E-state index contributed by atoms with van der Waals surface area (Å²) in [5.41, 5.74) is 7.06. The van der Waals surface area contributed by atoms with Crippen molar-refractivity contribution in [2.45, 2.75) is 59.8 Å². The Morgan fingerprint density at radius 1 is 1.16 bits per heavy atom. The molecule has 2 rings (SSSR count). The highest BCUT2D eigenvalue weighted by molar-refractivity contribution is 5.94. The summed E-state index contributed by atoms with van der Waals surface area (Å²) in [6.07, 6.45) is 3.47. The minimum atomic E-state index is -0.638. The number of hydrogen-bond donors (Lipinski definition) is 2. The number of anilines is 1. The molecule has 0 unspecified atom stereocenters. The smallest absolute Gasteiger partial charge is 0.314 e. The molecule has 1 fully saturated rings. The quantitative estimate of drug-likeness (QED) is 0.269. The van der Waals surface area contributed by atoms with Crippen molar-refractivity contribution < 1.29 is 14.5 Å². The molecule has 1 aliphatic rings. The number of rotatable bonds is 13. The zero-order valence-corrected chi connectivity index (χ0v) is 20.0. The fourth-order valence-corrected chi connectivity index (χ4v) is 3.92. The number of primary amides is 1. The Morgan fingerprint density at radius 3 is 2.28 bits per heavy atom. The molecular formula is C23H39N5O4. The van der Waals surface area contributed by atoms with E-state index in [-0.39, 0.29) is 22.1 Å². The molecule has 1 saturated heterocycles. The number of amides is 1. The van der Waals surface area contributed by atoms with Crippen LogP contribution in [0.2, 0.25) is 0 Å². The molecule has 1 aromatic rings. The molecule has 32 heavy (non-hydrogen) atoms. The summed E-state index contributed by atoms with van der Waals surface area (Å²) in [6, 6.07) is 0. The van der Waals surface area contributed by atoms with E-state index in [0.717, 1.165) is 52.1 Å². The van der Waals surface area contributed by atoms with E-state index < -0.39 is 5.91 Å². The van der Waals surface area contributed by atoms with Crippen molar-refractivity contribution in [2.75, 3.05) is 44.7 Å². The third kappa shape index (κ3) is 7.70. The van der Waals surface area contributed by atoms with Gasteiger partial charge >= 0.3 is 5.69 Å². The number of carbonyl (C=O) groups is 1. The van der Waals surface area contributed by atoms with E-state index in [9.17, 15) is 14.9 Å². The molecule has 0 saturated carbocycles. The van der Waals surface area contributed by atoms with Crippen molar-refractivity contribution in [2.24, 2.45) is 17.6 Å². The van der Waals surface area contributed by atoms with E-state index in [0.29, 0.717) is 42.3 Å². The number of nitro groups is 1. The highest BCUT2D eigenvalue weighted by Crippen LogP contribution is 2.34. The molecule has 0 spiro atoms. The number of nitrogens with two attached hydrogens (primary N) is 1. The summed E-state index contributed by atoms with van der Waals surface area (Å²) in [5, 5.41) is 15.3. The molecule has 180 valence electrons. The van der Waals surface area contributed by atoms with Crippen molar-refractivity contribution in [1.29, 1.82) is 0 Å². The minimum Gasteiger partial charge on any atom is -0.379 e. The van der Waals surface area contributed by atoms with Crippen LogP contribution in [0.15, 0.2) is 0 Å². The van der Waals surface area contributed by atoms with Crippen LogP contribution in [-0.2, 0) is 17.6 Å². The molecular weight excluding hydrogens is 410 g/mol. The van der Waals surface area contributed by atoms with Gasteiger partial charge in [0.15, 0.2) is 0 Å². The predicted molar refractivity (Wildman–Crippen MR) is 126 cm³/mol. The van der Waals surface area contributed by atoms with Crippen LogP contribution in [-0.4, -0.2) is 60.1 Å². The predicted octanol–water partition coefficient (Wildman–Crippen LogP) is 3.40. The molecule has 9 nitrogen and oxygen atoms in total. The number of morpholine rings is 1. The lowest BCUT2D eigenvalue weighted by Gasteiger charge is -2.26. The molecule has 9 heteroatoms. The number of nitrogens with one attached hydrogen (secondary N) is 1. The van der Waals surface area contributed by atoms with E-state index in [2.05, 4.69) is 42.9 Å². The minimum absolute atomic E-state index is 0.0132. The third-order valence-electron chi connectivity index (χ3n) is 5.79. The summed E-state index contributed by atoms with van der Waals surface area (Å²) in [7, 11) is 0. The Balaban J connectivity index is 2.33. The van der Waals surface area contributed by atoms with Gasteiger partial charge in [-0.1, -0.05) is 27.7 Å². The first kappa shape index (κ1) is 26.0. The van der Waals surface area contributed by atoms with E-state index in [4.69, 9.17) is 10.5 Å². The van der Waals surface area contributed by atoms with Gasteiger partial charge in [0.2, 0.25) is 5.82 Å². The SMILES string of the molecule is CC(C)CCc1c(C(N)=O)nc(NCCCN2CCOCC2)c([N+](=O)[O-])c1CCC(C)C. The Kier molecular flexibility index (Phi) is 10.3. The summed E-state index contributed by atoms with van der Waals surface area (Å²) in [5.74, 6) is 0.284. The number of pyridine rings is 1. The second-order valence-electron chi connectivity index (χ2n) is 9.34. The normalized spacial score (nSPS) is 14.8. The van der Waals surface area contributed by atoms with E-state index in [1.54, 1.807) is 0 Å². The van der Waals surface area contributed by atoms with Crippen molar-refractivity contribution in [3.8, 4) is 0 Å². The van der Waals surface area contributed by atoms with Crippen LogP contribution in [0.3, 0.4) is 0 Å². The Bertz CT molecular complexity index is 776. The van der Waals surface area contributed by atoms with Gasteiger partial charge < -0.3 is 15.8 Å². The lowest BCUT2D eigenvalue weighted by molar-refractivity contribution is -0.385. The molecule has 0 atom stereocenters. The number of ether oxygens (including phenoxy) is 1. The maximum absolute atomic E-state index is 12.3. The average molecular weight is 450 g/mol. The van der Waals surface area contributed by atoms with Gasteiger partial charge in [-0.2, -0.15) is 0 Å². The largest absolute Gasteiger partial charge is 0.379 e. The van der Waals surface area contributed by atoms with Gasteiger partial charge in [0, 0.05) is 25.2 Å². The Labute approximate surface area is 191 Å². The standard InChI is InChI=1S/C23H39N5O4/c1-16(2)6-8-18-19(9-7-17(3)4)21(28(30)31)23(26-20(18)22(24)29)25-10-5-11-27-12-14-32-15-13-27/h16-17H,5-15H2,1-4H3,(H2,24,29)(H,25,26). The molecule has 0 aliphatic carbocycles. The molecule has 3 N–H and O–H groups in total. The monoisotopic (exact) mass is 449 g/mol. The Hall–Kier alpha value is -2.26. The summed E-state index contributed by atoms with van der Waals surface area (Å²) in [6.45, 7) is 13.0. The topological polar surface area (TPSA) is 124 Å². The number of hydrogen-bond acceptors (Lipinski definition) is 7. The zero-order chi connectivity index (χ0) is 23.7. The Morgan fingerprint density at radius 2 is 1.75 bits per heavy atom. The zero-order valence-electron chi connectivity index (χ0n) is 20.0. The van der Waals surface area contributed by atoms with Crippen molar-refractivity contribution >= 4 is 17.4 Å². The number of nitrogens with zero attached hydrogens (tertiary/aromatic N) is 3. The summed E-state index contributed by atoms with van der Waals surface area (Å²) >= 11 is 0. The van der Waals surface area contributed by atoms with E-state index in [1.807, 2.05) is 0 Å². The fourth-order valence-electron chi connectivity index (χ4n) is 3.92. The second-order valence-corrected chi connectivity index (χ2v) is 9.34. The first-order chi connectivity index (χ1) is 15.2. The van der Waals surface area contributed by atoms with Crippen LogP contribution in [0, 0.1) is 22.0 Å². The summed E-state index contributed by atoms with van der Waals surface area (Å²) in [4.78, 5) is 30.7. The fraction of sp³-hybridized carbons (Fsp3) is 0.739. The molecule has 0 aromatic carbocycles. The van der Waals surface area contributed by atoms with Crippen LogP contribution in [0.5, 0.6) is 0 Å². The highest BCUT2D eigenvalue weighted by Gasteiger charge is 2.29. The van der Waals surface area contributed by atoms with Crippen LogP contribution >= 0.6 is 0 Å². The van der Waals surface area contributed by atoms with Gasteiger partial charge in [-0.25, -0.2) is 4.98 Å². The average Bonchev–Trinajstić information content (AvgIpc) is 2.73. The van der Waals surface area contributed by atoms with Gasteiger partial charge in [-0.15, -0.1) is 0 Å². The van der Waals surface area contributed by atoms with Gasteiger partial charge in [-0.05, 0) is 56.0 Å². The number of carbonyl (C=O) groups excluding carboxylic acids is 1. The van der Waals surface area contributed by atoms with E-state index >= 15 is 0 Å². The van der Waals surface area contributed by atoms with Crippen LogP contribution < -0.4 is 11.1 Å². The van der Waals surface area contributed by atoms with Crippen LogP contribution in [0.25, 0.3) is 0 Å². The first-order valence-electron chi connectivity index (χ1n) is 11.7. The molecule has 1 aromatic heterocycles. The molecule has 1 amide bonds. The van der Waals surface area contributed by atoms with Gasteiger partial charge in [0.1, 0.15) is 5.69 Å². The second kappa shape index (κ2) is 12.7. The highest BCUT2D eigenvalue weighted by atomic mass is 16.6. The van der Waals surface area contributed by atoms with Crippen LogP contribution in [0.4, 0.5) is 11.5 Å². The van der Waals surface area contributed by atoms with Crippen LogP contribution in [0.1, 0.15) is 68.6 Å². The third-order valence-corrected chi connectivity index (χ3v) is 5.79. The molecule has 2 heterocycles. The summed E-state index contributed by atoms with van der Waals surface area (Å²) < 4.78 is 5.37. The maximum atomic E-state index is 12.3. The van der Waals surface area contributed by atoms with Gasteiger partial charge in [0.25, 0.3) is 5.91 Å². The molecule has 0 radical (unpaired) electrons. The lowest BCUT2D eigenvalue weighted by Crippen LogP contribution is -2.37. The molecule has 1 aliphatic heterocycles. The van der Waals surface area contributed by atoms with Gasteiger partial charge in [0.05, 0.1) is 18.1 Å². The van der Waals surface area contributed by atoms with Crippen molar-refractivity contribution in [1.82, 2.24) is 9.88 Å². The van der Waals surface area contributed by atoms with Crippen molar-refractivity contribution in [3.63, 3.8) is 0 Å². The maximum Gasteiger partial charge on any atom is 0.314 e. The lowest BCUT2D eigenvalue weighted by atomic mass is 9.91. The van der Waals surface area contributed by atoms with Crippen molar-refractivity contribution in [3.05, 3.63) is 26.9 Å². The number of aromatic nitrogens is 1. The molecule has 0 bridgehead atoms. The first-order valence-corrected chi connectivity index (χ1v) is 11.7. The van der Waals surface area contributed by atoms with Gasteiger partial charge in [-0.3, -0.25) is 19.8 Å².